The van der Waals surface area contributed by atoms with Crippen molar-refractivity contribution in [1.29, 1.82) is 0 Å². The van der Waals surface area contributed by atoms with E-state index in [9.17, 15) is 4.79 Å². The molecular weight excluding hydrogens is 288 g/mol. The largest absolute Gasteiger partial charge is 0.497 e. The fraction of sp³-hybridized carbons (Fsp3) is 0.200. The predicted octanol–water partition coefficient (Wildman–Crippen LogP) is 2.67. The number of benzene rings is 1. The molecule has 1 heterocycles. The maximum atomic E-state index is 11.6. The van der Waals surface area contributed by atoms with Gasteiger partial charge in [-0.05, 0) is 29.8 Å². The topological polar surface area (TPSA) is 63.8 Å². The first-order chi connectivity index (χ1) is 10.3. The number of amides is 1. The number of carbonyl (C=O) groups is 1. The molecule has 0 unspecified atom stereocenters. The smallest absolute Gasteiger partial charge is 0.250 e. The summed E-state index contributed by atoms with van der Waals surface area (Å²) in [4.78, 5) is 11.6. The highest BCUT2D eigenvalue weighted by atomic mass is 32.2. The second-order valence-corrected chi connectivity index (χ2v) is 5.14. The van der Waals surface area contributed by atoms with E-state index >= 15 is 0 Å². The zero-order chi connectivity index (χ0) is 14.9. The molecule has 2 rings (SSSR count). The summed E-state index contributed by atoms with van der Waals surface area (Å²) in [5.74, 6) is 2.40. The summed E-state index contributed by atoms with van der Waals surface area (Å²) >= 11 is 1.53. The molecule has 2 aromatic rings. The van der Waals surface area contributed by atoms with E-state index in [1.165, 1.54) is 18.0 Å². The van der Waals surface area contributed by atoms with Crippen molar-refractivity contribution in [3.8, 4) is 5.75 Å². The lowest BCUT2D eigenvalue weighted by Crippen LogP contribution is -2.19. The highest BCUT2D eigenvalue weighted by molar-refractivity contribution is 7.99. The fourth-order valence-electron chi connectivity index (χ4n) is 1.55. The number of hydrazone groups is 1. The second-order valence-electron chi connectivity index (χ2n) is 4.15. The van der Waals surface area contributed by atoms with E-state index in [4.69, 9.17) is 9.15 Å². The molecule has 0 bridgehead atoms. The number of hydrogen-bond donors (Lipinski definition) is 1. The molecule has 6 heteroatoms. The van der Waals surface area contributed by atoms with Gasteiger partial charge in [-0.3, -0.25) is 4.79 Å². The van der Waals surface area contributed by atoms with Gasteiger partial charge in [0.05, 0.1) is 25.3 Å². The Morgan fingerprint density at radius 3 is 2.86 bits per heavy atom. The number of rotatable bonds is 7. The highest BCUT2D eigenvalue weighted by Crippen LogP contribution is 2.16. The number of ether oxygens (including phenoxy) is 1. The Balaban J connectivity index is 1.66. The number of furan rings is 1. The van der Waals surface area contributed by atoms with E-state index in [1.54, 1.807) is 25.5 Å². The van der Waals surface area contributed by atoms with E-state index in [-0.39, 0.29) is 5.91 Å². The zero-order valence-electron chi connectivity index (χ0n) is 11.6. The summed E-state index contributed by atoms with van der Waals surface area (Å²) in [7, 11) is 1.64. The van der Waals surface area contributed by atoms with Gasteiger partial charge in [-0.25, -0.2) is 5.43 Å². The summed E-state index contributed by atoms with van der Waals surface area (Å²) < 4.78 is 10.1. The quantitative estimate of drug-likeness (QED) is 0.631. The molecule has 1 aromatic carbocycles. The zero-order valence-corrected chi connectivity index (χ0v) is 12.4. The first-order valence-electron chi connectivity index (χ1n) is 6.34. The minimum atomic E-state index is -0.142. The first kappa shape index (κ1) is 15.2. The summed E-state index contributed by atoms with van der Waals surface area (Å²) in [6, 6.07) is 11.3. The van der Waals surface area contributed by atoms with E-state index in [0.717, 1.165) is 17.1 Å². The maximum absolute atomic E-state index is 11.6. The minimum Gasteiger partial charge on any atom is -0.497 e. The van der Waals surface area contributed by atoms with Gasteiger partial charge >= 0.3 is 0 Å². The van der Waals surface area contributed by atoms with Crippen molar-refractivity contribution in [2.75, 3.05) is 12.9 Å². The molecule has 21 heavy (non-hydrogen) atoms. The monoisotopic (exact) mass is 304 g/mol. The van der Waals surface area contributed by atoms with Crippen molar-refractivity contribution in [3.63, 3.8) is 0 Å². The van der Waals surface area contributed by atoms with Gasteiger partial charge in [0.2, 0.25) is 5.91 Å². The molecule has 5 nitrogen and oxygen atoms in total. The average molecular weight is 304 g/mol. The molecule has 0 radical (unpaired) electrons. The van der Waals surface area contributed by atoms with Gasteiger partial charge in [0, 0.05) is 5.75 Å². The summed E-state index contributed by atoms with van der Waals surface area (Å²) in [6.45, 7) is 0. The molecule has 1 aromatic heterocycles. The Kier molecular flexibility index (Phi) is 5.90. The van der Waals surface area contributed by atoms with Crippen LogP contribution in [0.5, 0.6) is 5.75 Å². The van der Waals surface area contributed by atoms with Crippen molar-refractivity contribution >= 4 is 23.9 Å². The SMILES string of the molecule is COc1ccc(CSCC(=O)NN=Cc2ccco2)cc1. The van der Waals surface area contributed by atoms with Crippen molar-refractivity contribution in [2.24, 2.45) is 5.10 Å². The van der Waals surface area contributed by atoms with Crippen molar-refractivity contribution in [1.82, 2.24) is 5.43 Å². The summed E-state index contributed by atoms with van der Waals surface area (Å²) in [6.07, 6.45) is 3.01. The van der Waals surface area contributed by atoms with Crippen LogP contribution >= 0.6 is 11.8 Å². The molecule has 0 aliphatic carbocycles. The van der Waals surface area contributed by atoms with Gasteiger partial charge in [-0.1, -0.05) is 12.1 Å². The molecule has 0 saturated heterocycles. The molecular formula is C15H16N2O3S. The number of nitrogens with zero attached hydrogens (tertiary/aromatic N) is 1. The maximum Gasteiger partial charge on any atom is 0.250 e. The molecule has 0 aliphatic rings. The Labute approximate surface area is 127 Å². The molecule has 110 valence electrons. The van der Waals surface area contributed by atoms with Gasteiger partial charge in [0.25, 0.3) is 0 Å². The van der Waals surface area contributed by atoms with Crippen LogP contribution in [0, 0.1) is 0 Å². The fourth-order valence-corrected chi connectivity index (χ4v) is 2.33. The lowest BCUT2D eigenvalue weighted by Gasteiger charge is -2.03. The number of methoxy groups -OCH3 is 1. The molecule has 0 spiro atoms. The van der Waals surface area contributed by atoms with Crippen LogP contribution in [0.3, 0.4) is 0 Å². The molecule has 0 atom stereocenters. The van der Waals surface area contributed by atoms with Crippen LogP contribution in [-0.2, 0) is 10.5 Å². The Bertz CT molecular complexity index is 579. The third-order valence-electron chi connectivity index (χ3n) is 2.59. The van der Waals surface area contributed by atoms with Crippen LogP contribution in [0.25, 0.3) is 0 Å². The molecule has 0 fully saturated rings. The summed E-state index contributed by atoms with van der Waals surface area (Å²) in [5, 5.41) is 3.81. The van der Waals surface area contributed by atoms with Crippen LogP contribution in [0.2, 0.25) is 0 Å². The Hall–Kier alpha value is -2.21. The predicted molar refractivity (Wildman–Crippen MR) is 83.6 cm³/mol. The minimum absolute atomic E-state index is 0.142. The van der Waals surface area contributed by atoms with Gasteiger partial charge < -0.3 is 9.15 Å². The Morgan fingerprint density at radius 1 is 1.38 bits per heavy atom. The molecule has 0 aliphatic heterocycles. The van der Waals surface area contributed by atoms with E-state index in [0.29, 0.717) is 11.5 Å². The first-order valence-corrected chi connectivity index (χ1v) is 7.49. The lowest BCUT2D eigenvalue weighted by molar-refractivity contribution is -0.118. The van der Waals surface area contributed by atoms with Crippen LogP contribution in [0.1, 0.15) is 11.3 Å². The van der Waals surface area contributed by atoms with Crippen LogP contribution < -0.4 is 10.2 Å². The number of thioether (sulfide) groups is 1. The van der Waals surface area contributed by atoms with E-state index < -0.39 is 0 Å². The van der Waals surface area contributed by atoms with Crippen LogP contribution in [0.15, 0.2) is 52.2 Å². The van der Waals surface area contributed by atoms with Crippen molar-refractivity contribution in [3.05, 3.63) is 54.0 Å². The van der Waals surface area contributed by atoms with Crippen LogP contribution in [0.4, 0.5) is 0 Å². The van der Waals surface area contributed by atoms with Gasteiger partial charge in [-0.2, -0.15) is 5.10 Å². The van der Waals surface area contributed by atoms with Crippen molar-refractivity contribution < 1.29 is 13.9 Å². The molecule has 1 amide bonds. The van der Waals surface area contributed by atoms with Gasteiger partial charge in [0.15, 0.2) is 0 Å². The van der Waals surface area contributed by atoms with Gasteiger partial charge in [0.1, 0.15) is 11.5 Å². The number of nitrogens with one attached hydrogen (secondary N) is 1. The second kappa shape index (κ2) is 8.16. The molecule has 1 N–H and O–H groups in total. The van der Waals surface area contributed by atoms with Crippen LogP contribution in [-0.4, -0.2) is 25.0 Å². The van der Waals surface area contributed by atoms with E-state index in [1.807, 2.05) is 24.3 Å². The summed E-state index contributed by atoms with van der Waals surface area (Å²) in [5.41, 5.74) is 3.60. The van der Waals surface area contributed by atoms with E-state index in [2.05, 4.69) is 10.5 Å². The molecule has 0 saturated carbocycles. The van der Waals surface area contributed by atoms with Gasteiger partial charge in [-0.15, -0.1) is 11.8 Å². The average Bonchev–Trinajstić information content (AvgIpc) is 3.01. The standard InChI is InChI=1S/C15H16N2O3S/c1-19-13-6-4-12(5-7-13)10-21-11-15(18)17-16-9-14-3-2-8-20-14/h2-9H,10-11H2,1H3,(H,17,18). The number of carbonyl (C=O) groups excluding carboxylic acids is 1. The Morgan fingerprint density at radius 2 is 2.19 bits per heavy atom. The highest BCUT2D eigenvalue weighted by Gasteiger charge is 2.01. The normalized spacial score (nSPS) is 10.7. The third-order valence-corrected chi connectivity index (χ3v) is 3.59. The third kappa shape index (κ3) is 5.35. The number of hydrogen-bond acceptors (Lipinski definition) is 5. The lowest BCUT2D eigenvalue weighted by atomic mass is 10.2. The van der Waals surface area contributed by atoms with Crippen molar-refractivity contribution in [2.45, 2.75) is 5.75 Å².